The lowest BCUT2D eigenvalue weighted by atomic mass is 9.88. The number of hydrogen-bond donors (Lipinski definition) is 4. The van der Waals surface area contributed by atoms with E-state index in [1.807, 2.05) is 0 Å². The Morgan fingerprint density at radius 2 is 1.73 bits per heavy atom. The summed E-state index contributed by atoms with van der Waals surface area (Å²) in [6, 6.07) is 0. The Labute approximate surface area is 87.2 Å². The molecule has 0 aromatic heterocycles. The van der Waals surface area contributed by atoms with E-state index in [1.165, 1.54) is 0 Å². The van der Waals surface area contributed by atoms with E-state index in [1.54, 1.807) is 13.8 Å². The van der Waals surface area contributed by atoms with Gasteiger partial charge in [-0.2, -0.15) is 0 Å². The second-order valence-corrected chi connectivity index (χ2v) is 3.90. The molecule has 6 nitrogen and oxygen atoms in total. The van der Waals surface area contributed by atoms with E-state index in [2.05, 4.69) is 0 Å². The zero-order valence-corrected chi connectivity index (χ0v) is 8.67. The number of carbonyl (C=O) groups is 2. The van der Waals surface area contributed by atoms with Crippen LogP contribution in [0.2, 0.25) is 0 Å². The third-order valence-electron chi connectivity index (χ3n) is 2.16. The van der Waals surface area contributed by atoms with Gasteiger partial charge >= 0.3 is 11.9 Å². The smallest absolute Gasteiger partial charge is 0.339 e. The van der Waals surface area contributed by atoms with E-state index in [4.69, 9.17) is 15.3 Å². The molecule has 0 aliphatic heterocycles. The SMILES string of the molecule is CC(C)CC[C@](O)(C(=O)O)[C@H](O)C(=O)O. The molecule has 15 heavy (non-hydrogen) atoms. The highest BCUT2D eigenvalue weighted by molar-refractivity contribution is 5.87. The molecule has 0 unspecified atom stereocenters. The van der Waals surface area contributed by atoms with Crippen molar-refractivity contribution < 1.29 is 30.0 Å². The van der Waals surface area contributed by atoms with Crippen LogP contribution in [0, 0.1) is 5.92 Å². The summed E-state index contributed by atoms with van der Waals surface area (Å²) < 4.78 is 0. The minimum absolute atomic E-state index is 0.108. The van der Waals surface area contributed by atoms with Crippen LogP contribution in [0.1, 0.15) is 26.7 Å². The lowest BCUT2D eigenvalue weighted by Crippen LogP contribution is -2.53. The fourth-order valence-electron chi connectivity index (χ4n) is 1.07. The van der Waals surface area contributed by atoms with Crippen LogP contribution in [0.25, 0.3) is 0 Å². The summed E-state index contributed by atoms with van der Waals surface area (Å²) in [4.78, 5) is 21.1. The summed E-state index contributed by atoms with van der Waals surface area (Å²) in [6.45, 7) is 3.60. The maximum atomic E-state index is 10.7. The van der Waals surface area contributed by atoms with Gasteiger partial charge in [-0.15, -0.1) is 0 Å². The molecule has 0 aliphatic rings. The van der Waals surface area contributed by atoms with Crippen molar-refractivity contribution in [1.29, 1.82) is 0 Å². The van der Waals surface area contributed by atoms with Crippen LogP contribution in [0.15, 0.2) is 0 Å². The van der Waals surface area contributed by atoms with Crippen molar-refractivity contribution >= 4 is 11.9 Å². The Morgan fingerprint density at radius 1 is 1.27 bits per heavy atom. The molecule has 0 saturated carbocycles. The molecule has 88 valence electrons. The van der Waals surface area contributed by atoms with E-state index < -0.39 is 23.6 Å². The average molecular weight is 220 g/mol. The maximum absolute atomic E-state index is 10.7. The van der Waals surface area contributed by atoms with Crippen molar-refractivity contribution in [2.45, 2.75) is 38.4 Å². The van der Waals surface area contributed by atoms with E-state index in [0.29, 0.717) is 6.42 Å². The average Bonchev–Trinajstić information content (AvgIpc) is 2.12. The number of carboxylic acid groups (broad SMARTS) is 2. The molecule has 4 N–H and O–H groups in total. The van der Waals surface area contributed by atoms with Gasteiger partial charge in [0.15, 0.2) is 11.7 Å². The van der Waals surface area contributed by atoms with Gasteiger partial charge in [0, 0.05) is 0 Å². The van der Waals surface area contributed by atoms with Crippen LogP contribution in [0.4, 0.5) is 0 Å². The summed E-state index contributed by atoms with van der Waals surface area (Å²) in [7, 11) is 0. The van der Waals surface area contributed by atoms with Crippen LogP contribution < -0.4 is 0 Å². The van der Waals surface area contributed by atoms with Gasteiger partial charge in [0.2, 0.25) is 0 Å². The topological polar surface area (TPSA) is 115 Å². The summed E-state index contributed by atoms with van der Waals surface area (Å²) >= 11 is 0. The van der Waals surface area contributed by atoms with Gasteiger partial charge < -0.3 is 20.4 Å². The first-order valence-electron chi connectivity index (χ1n) is 4.58. The van der Waals surface area contributed by atoms with Crippen molar-refractivity contribution in [2.24, 2.45) is 5.92 Å². The molecule has 0 heterocycles. The Kier molecular flexibility index (Phi) is 4.70. The molecule has 0 spiro atoms. The van der Waals surface area contributed by atoms with Crippen molar-refractivity contribution in [3.63, 3.8) is 0 Å². The third-order valence-corrected chi connectivity index (χ3v) is 2.16. The second kappa shape index (κ2) is 5.09. The van der Waals surface area contributed by atoms with Crippen LogP contribution in [0.3, 0.4) is 0 Å². The Bertz CT molecular complexity index is 249. The van der Waals surface area contributed by atoms with Crippen LogP contribution >= 0.6 is 0 Å². The first-order chi connectivity index (χ1) is 6.71. The molecule has 0 bridgehead atoms. The monoisotopic (exact) mass is 220 g/mol. The molecule has 0 aliphatic carbocycles. The van der Waals surface area contributed by atoms with Gasteiger partial charge in [-0.05, 0) is 18.8 Å². The summed E-state index contributed by atoms with van der Waals surface area (Å²) in [6.07, 6.45) is -2.30. The van der Waals surface area contributed by atoms with Crippen LogP contribution in [-0.2, 0) is 9.59 Å². The number of aliphatic hydroxyl groups excluding tert-OH is 1. The lowest BCUT2D eigenvalue weighted by molar-refractivity contribution is -0.184. The molecule has 0 amide bonds. The van der Waals surface area contributed by atoms with Gasteiger partial charge in [-0.3, -0.25) is 0 Å². The Balaban J connectivity index is 4.74. The highest BCUT2D eigenvalue weighted by Crippen LogP contribution is 2.21. The molecule has 0 rings (SSSR count). The van der Waals surface area contributed by atoms with Crippen LogP contribution in [0.5, 0.6) is 0 Å². The van der Waals surface area contributed by atoms with E-state index in [9.17, 15) is 14.7 Å². The van der Waals surface area contributed by atoms with E-state index >= 15 is 0 Å². The lowest BCUT2D eigenvalue weighted by Gasteiger charge is -2.26. The predicted molar refractivity (Wildman–Crippen MR) is 50.3 cm³/mol. The zero-order chi connectivity index (χ0) is 12.2. The number of carboxylic acids is 2. The molecule has 0 radical (unpaired) electrons. The molecule has 0 saturated heterocycles. The van der Waals surface area contributed by atoms with Gasteiger partial charge in [0.25, 0.3) is 0 Å². The van der Waals surface area contributed by atoms with Crippen molar-refractivity contribution in [3.05, 3.63) is 0 Å². The first-order valence-corrected chi connectivity index (χ1v) is 4.58. The summed E-state index contributed by atoms with van der Waals surface area (Å²) in [5.74, 6) is -3.36. The Hall–Kier alpha value is -1.14. The van der Waals surface area contributed by atoms with Gasteiger partial charge in [0.05, 0.1) is 0 Å². The van der Waals surface area contributed by atoms with Crippen molar-refractivity contribution in [1.82, 2.24) is 0 Å². The highest BCUT2D eigenvalue weighted by Gasteiger charge is 2.47. The quantitative estimate of drug-likeness (QED) is 0.488. The Morgan fingerprint density at radius 3 is 2.00 bits per heavy atom. The number of rotatable bonds is 6. The van der Waals surface area contributed by atoms with Gasteiger partial charge in [0.1, 0.15) is 0 Å². The molecule has 6 heteroatoms. The van der Waals surface area contributed by atoms with Crippen LogP contribution in [-0.4, -0.2) is 44.1 Å². The molecule has 0 aromatic carbocycles. The second-order valence-electron chi connectivity index (χ2n) is 3.90. The van der Waals surface area contributed by atoms with Crippen molar-refractivity contribution in [2.75, 3.05) is 0 Å². The first kappa shape index (κ1) is 13.9. The number of aliphatic hydroxyl groups is 2. The molecule has 0 fully saturated rings. The summed E-state index contributed by atoms with van der Waals surface area (Å²) in [5.41, 5.74) is -2.61. The third kappa shape index (κ3) is 3.49. The standard InChI is InChI=1S/C9H16O6/c1-5(2)3-4-9(15,8(13)14)6(10)7(11)12/h5-6,10,15H,3-4H2,1-2H3,(H,11,12)(H,13,14)/t6-,9-/m1/s1. The number of hydrogen-bond acceptors (Lipinski definition) is 4. The van der Waals surface area contributed by atoms with E-state index in [0.717, 1.165) is 0 Å². The minimum Gasteiger partial charge on any atom is -0.479 e. The molecule has 2 atom stereocenters. The minimum atomic E-state index is -2.61. The fourth-order valence-corrected chi connectivity index (χ4v) is 1.07. The van der Waals surface area contributed by atoms with Gasteiger partial charge in [-0.1, -0.05) is 13.8 Å². The largest absolute Gasteiger partial charge is 0.479 e. The molecular formula is C9H16O6. The molecular weight excluding hydrogens is 204 g/mol. The summed E-state index contributed by atoms with van der Waals surface area (Å²) in [5, 5.41) is 35.8. The fraction of sp³-hybridized carbons (Fsp3) is 0.778. The highest BCUT2D eigenvalue weighted by atomic mass is 16.4. The maximum Gasteiger partial charge on any atom is 0.339 e. The zero-order valence-electron chi connectivity index (χ0n) is 8.67. The molecule has 0 aromatic rings. The van der Waals surface area contributed by atoms with Crippen molar-refractivity contribution in [3.8, 4) is 0 Å². The normalized spacial score (nSPS) is 17.1. The predicted octanol–water partition coefficient (Wildman–Crippen LogP) is -0.316. The van der Waals surface area contributed by atoms with E-state index in [-0.39, 0.29) is 12.3 Å². The number of aliphatic carboxylic acids is 2. The van der Waals surface area contributed by atoms with Gasteiger partial charge in [-0.25, -0.2) is 9.59 Å².